The van der Waals surface area contributed by atoms with Crippen molar-refractivity contribution in [2.45, 2.75) is 6.54 Å². The van der Waals surface area contributed by atoms with Gasteiger partial charge in [-0.2, -0.15) is 0 Å². The van der Waals surface area contributed by atoms with Crippen LogP contribution in [-0.2, 0) is 6.54 Å². The van der Waals surface area contributed by atoms with Crippen LogP contribution in [0.4, 0.5) is 5.95 Å². The molecule has 0 spiro atoms. The lowest BCUT2D eigenvalue weighted by atomic mass is 10.2. The van der Waals surface area contributed by atoms with Crippen molar-refractivity contribution < 1.29 is 4.90 Å². The van der Waals surface area contributed by atoms with Gasteiger partial charge in [0.2, 0.25) is 5.95 Å². The van der Waals surface area contributed by atoms with Gasteiger partial charge in [0, 0.05) is 5.56 Å². The lowest BCUT2D eigenvalue weighted by molar-refractivity contribution is -0.914. The van der Waals surface area contributed by atoms with Gasteiger partial charge in [-0.15, -0.1) is 10.2 Å². The average Bonchev–Trinajstić information content (AvgIpc) is 2.49. The molecule has 20 heavy (non-hydrogen) atoms. The predicted molar refractivity (Wildman–Crippen MR) is 75.7 cm³/mol. The quantitative estimate of drug-likeness (QED) is 0.758. The minimum absolute atomic E-state index is 0.200. The maximum atomic E-state index is 11.2. The van der Waals surface area contributed by atoms with Crippen LogP contribution in [0.1, 0.15) is 5.56 Å². The summed E-state index contributed by atoms with van der Waals surface area (Å²) < 4.78 is 0. The Bertz CT molecular complexity index is 604. The lowest BCUT2D eigenvalue weighted by Gasteiger charge is -2.32. The molecular weight excluding hydrogens is 254 g/mol. The summed E-state index contributed by atoms with van der Waals surface area (Å²) in [7, 11) is 0. The van der Waals surface area contributed by atoms with Crippen LogP contribution < -0.4 is 15.4 Å². The zero-order valence-electron chi connectivity index (χ0n) is 11.2. The first-order valence-corrected chi connectivity index (χ1v) is 6.86. The van der Waals surface area contributed by atoms with Crippen LogP contribution in [0.3, 0.4) is 0 Å². The van der Waals surface area contributed by atoms with Crippen molar-refractivity contribution in [3.8, 4) is 0 Å². The number of nitrogens with one attached hydrogen (secondary N) is 2. The van der Waals surface area contributed by atoms with E-state index >= 15 is 0 Å². The van der Waals surface area contributed by atoms with Gasteiger partial charge < -0.3 is 9.80 Å². The lowest BCUT2D eigenvalue weighted by Crippen LogP contribution is -3.13. The first-order valence-electron chi connectivity index (χ1n) is 6.86. The minimum Gasteiger partial charge on any atom is -0.330 e. The fourth-order valence-corrected chi connectivity index (χ4v) is 2.54. The molecule has 1 saturated heterocycles. The van der Waals surface area contributed by atoms with Crippen molar-refractivity contribution in [2.75, 3.05) is 31.1 Å². The van der Waals surface area contributed by atoms with Gasteiger partial charge in [0.25, 0.3) is 5.56 Å². The number of hydrogen-bond donors (Lipinski definition) is 2. The van der Waals surface area contributed by atoms with Crippen molar-refractivity contribution in [1.82, 2.24) is 15.2 Å². The van der Waals surface area contributed by atoms with Gasteiger partial charge >= 0.3 is 0 Å². The fourth-order valence-electron chi connectivity index (χ4n) is 2.54. The van der Waals surface area contributed by atoms with Crippen LogP contribution in [0.15, 0.2) is 41.3 Å². The van der Waals surface area contributed by atoms with E-state index in [9.17, 15) is 4.79 Å². The predicted octanol–water partition coefficient (Wildman–Crippen LogP) is -0.930. The minimum atomic E-state index is -0.200. The molecule has 0 unspecified atom stereocenters. The molecule has 0 radical (unpaired) electrons. The van der Waals surface area contributed by atoms with E-state index in [2.05, 4.69) is 44.3 Å². The number of rotatable bonds is 3. The van der Waals surface area contributed by atoms with E-state index in [1.54, 1.807) is 4.90 Å². The van der Waals surface area contributed by atoms with Crippen LogP contribution in [0.2, 0.25) is 0 Å². The summed E-state index contributed by atoms with van der Waals surface area (Å²) in [5.74, 6) is 0.580. The molecule has 6 nitrogen and oxygen atoms in total. The number of aromatic nitrogens is 3. The Morgan fingerprint density at radius 2 is 1.95 bits per heavy atom. The molecule has 2 heterocycles. The molecule has 104 valence electrons. The van der Waals surface area contributed by atoms with E-state index in [0.29, 0.717) is 5.95 Å². The summed E-state index contributed by atoms with van der Waals surface area (Å²) in [6, 6.07) is 10.5. The van der Waals surface area contributed by atoms with Crippen LogP contribution >= 0.6 is 0 Å². The number of hydrogen-bond acceptors (Lipinski definition) is 4. The van der Waals surface area contributed by atoms with E-state index in [4.69, 9.17) is 0 Å². The summed E-state index contributed by atoms with van der Waals surface area (Å²) >= 11 is 0. The van der Waals surface area contributed by atoms with Gasteiger partial charge in [0.15, 0.2) is 0 Å². The second-order valence-electron chi connectivity index (χ2n) is 5.06. The molecule has 0 saturated carbocycles. The third-order valence-corrected chi connectivity index (χ3v) is 3.63. The molecule has 0 amide bonds. The van der Waals surface area contributed by atoms with Crippen LogP contribution in [0.25, 0.3) is 0 Å². The molecular formula is C14H18N5O+. The molecule has 2 aromatic rings. The number of aromatic amines is 1. The van der Waals surface area contributed by atoms with Gasteiger partial charge in [0.05, 0.1) is 26.2 Å². The molecule has 0 aliphatic carbocycles. The average molecular weight is 272 g/mol. The Morgan fingerprint density at radius 3 is 2.65 bits per heavy atom. The maximum absolute atomic E-state index is 11.2. The molecule has 2 N–H and O–H groups in total. The highest BCUT2D eigenvalue weighted by Gasteiger charge is 2.21. The van der Waals surface area contributed by atoms with E-state index in [1.807, 2.05) is 6.07 Å². The molecule has 6 heteroatoms. The van der Waals surface area contributed by atoms with Gasteiger partial charge in [-0.1, -0.05) is 30.3 Å². The van der Waals surface area contributed by atoms with Gasteiger partial charge in [-0.25, -0.2) is 0 Å². The normalized spacial score (nSPS) is 16.3. The van der Waals surface area contributed by atoms with Crippen LogP contribution in [-0.4, -0.2) is 41.4 Å². The summed E-state index contributed by atoms with van der Waals surface area (Å²) in [5.41, 5.74) is 1.16. The third-order valence-electron chi connectivity index (χ3n) is 3.63. The van der Waals surface area contributed by atoms with Crippen LogP contribution in [0.5, 0.6) is 0 Å². The summed E-state index contributed by atoms with van der Waals surface area (Å²) in [5, 5.41) is 7.69. The molecule has 1 fully saturated rings. The van der Waals surface area contributed by atoms with Gasteiger partial charge in [0.1, 0.15) is 12.7 Å². The largest absolute Gasteiger partial charge is 0.330 e. The fraction of sp³-hybridized carbons (Fsp3) is 0.357. The number of piperazine rings is 1. The molecule has 1 aromatic heterocycles. The smallest absolute Gasteiger partial charge is 0.271 e. The Hall–Kier alpha value is -2.21. The van der Waals surface area contributed by atoms with Crippen LogP contribution in [0, 0.1) is 0 Å². The Balaban J connectivity index is 1.58. The van der Waals surface area contributed by atoms with E-state index in [0.717, 1.165) is 32.7 Å². The number of H-pyrrole nitrogens is 1. The number of anilines is 1. The third kappa shape index (κ3) is 3.03. The molecule has 0 atom stereocenters. The van der Waals surface area contributed by atoms with E-state index < -0.39 is 0 Å². The topological polar surface area (TPSA) is 66.3 Å². The Morgan fingerprint density at radius 1 is 1.20 bits per heavy atom. The zero-order chi connectivity index (χ0) is 13.8. The second-order valence-corrected chi connectivity index (χ2v) is 5.06. The molecule has 1 aliphatic heterocycles. The summed E-state index contributed by atoms with van der Waals surface area (Å²) in [4.78, 5) is 17.6. The first kappa shape index (κ1) is 12.8. The van der Waals surface area contributed by atoms with Gasteiger partial charge in [-0.05, 0) is 0 Å². The van der Waals surface area contributed by atoms with Crippen molar-refractivity contribution in [3.63, 3.8) is 0 Å². The molecule has 1 aliphatic rings. The second kappa shape index (κ2) is 5.83. The van der Waals surface area contributed by atoms with Crippen molar-refractivity contribution in [3.05, 3.63) is 52.4 Å². The zero-order valence-corrected chi connectivity index (χ0v) is 11.2. The standard InChI is InChI=1S/C14H17N5O/c20-13-10-15-17-14(16-13)19-8-6-18(7-9-19)11-12-4-2-1-3-5-12/h1-5,10H,6-9,11H2,(H,16,17,20)/p+1. The number of benzene rings is 1. The molecule has 0 bridgehead atoms. The highest BCUT2D eigenvalue weighted by atomic mass is 16.1. The van der Waals surface area contributed by atoms with E-state index in [-0.39, 0.29) is 5.56 Å². The van der Waals surface area contributed by atoms with Crippen molar-refractivity contribution in [1.29, 1.82) is 0 Å². The Labute approximate surface area is 117 Å². The monoisotopic (exact) mass is 272 g/mol. The Kier molecular flexibility index (Phi) is 3.73. The first-order chi connectivity index (χ1) is 9.81. The van der Waals surface area contributed by atoms with Gasteiger partial charge in [-0.3, -0.25) is 9.78 Å². The van der Waals surface area contributed by atoms with Crippen molar-refractivity contribution >= 4 is 5.95 Å². The molecule has 1 aromatic carbocycles. The van der Waals surface area contributed by atoms with E-state index in [1.165, 1.54) is 11.8 Å². The summed E-state index contributed by atoms with van der Waals surface area (Å²) in [6.07, 6.45) is 1.19. The highest BCUT2D eigenvalue weighted by Crippen LogP contribution is 2.02. The summed E-state index contributed by atoms with van der Waals surface area (Å²) in [6.45, 7) is 4.89. The maximum Gasteiger partial charge on any atom is 0.271 e. The highest BCUT2D eigenvalue weighted by molar-refractivity contribution is 5.27. The molecule has 3 rings (SSSR count). The van der Waals surface area contributed by atoms with Crippen molar-refractivity contribution in [2.24, 2.45) is 0 Å². The SMILES string of the molecule is O=c1cnnc(N2CC[NH+](Cc3ccccc3)CC2)[nH]1. The number of quaternary nitrogens is 1. The number of nitrogens with zero attached hydrogens (tertiary/aromatic N) is 3.